The highest BCUT2D eigenvalue weighted by molar-refractivity contribution is 4.77. The van der Waals surface area contributed by atoms with Gasteiger partial charge in [-0.05, 0) is 19.9 Å². The van der Waals surface area contributed by atoms with Crippen LogP contribution in [-0.4, -0.2) is 60.8 Å². The first-order valence-electron chi connectivity index (χ1n) is 6.31. The summed E-state index contributed by atoms with van der Waals surface area (Å²) in [6.07, 6.45) is 4.75. The van der Waals surface area contributed by atoms with E-state index in [-0.39, 0.29) is 0 Å². The maximum Gasteiger partial charge on any atom is 0.0445 e. The second-order valence-corrected chi connectivity index (χ2v) is 4.65. The highest BCUT2D eigenvalue weighted by Crippen LogP contribution is 2.14. The number of rotatable bonds is 6. The molecule has 0 aromatic carbocycles. The van der Waals surface area contributed by atoms with Crippen molar-refractivity contribution in [3.05, 3.63) is 0 Å². The summed E-state index contributed by atoms with van der Waals surface area (Å²) >= 11 is 0. The van der Waals surface area contributed by atoms with Gasteiger partial charge in [0.15, 0.2) is 0 Å². The lowest BCUT2D eigenvalue weighted by atomic mass is 10.0. The normalized spacial score (nSPS) is 21.8. The van der Waals surface area contributed by atoms with Crippen LogP contribution in [0.3, 0.4) is 0 Å². The molecule has 0 unspecified atom stereocenters. The van der Waals surface area contributed by atoms with E-state index < -0.39 is 0 Å². The van der Waals surface area contributed by atoms with E-state index >= 15 is 0 Å². The molecule has 1 heterocycles. The molecule has 1 atom stereocenters. The van der Waals surface area contributed by atoms with Crippen LogP contribution in [0.25, 0.3) is 0 Å². The fraction of sp³-hybridized carbons (Fsp3) is 1.00. The van der Waals surface area contributed by atoms with Gasteiger partial charge in [-0.15, -0.1) is 0 Å². The summed E-state index contributed by atoms with van der Waals surface area (Å²) in [4.78, 5) is 4.94. The molecule has 15 heavy (non-hydrogen) atoms. The van der Waals surface area contributed by atoms with Gasteiger partial charge in [-0.3, -0.25) is 4.90 Å². The number of likely N-dealkylation sites (N-methyl/N-ethyl adjacent to an activating group) is 1. The van der Waals surface area contributed by atoms with Gasteiger partial charge in [0, 0.05) is 38.8 Å². The maximum atomic E-state index is 9.08. The van der Waals surface area contributed by atoms with Gasteiger partial charge in [0.2, 0.25) is 0 Å². The first-order chi connectivity index (χ1) is 7.27. The van der Waals surface area contributed by atoms with E-state index in [0.717, 1.165) is 6.42 Å². The third-order valence-electron chi connectivity index (χ3n) is 3.41. The van der Waals surface area contributed by atoms with Crippen molar-refractivity contribution in [3.63, 3.8) is 0 Å². The fourth-order valence-electron chi connectivity index (χ4n) is 2.29. The minimum absolute atomic E-state index is 0.334. The van der Waals surface area contributed by atoms with E-state index in [1.165, 1.54) is 45.4 Å². The van der Waals surface area contributed by atoms with Crippen LogP contribution in [0.2, 0.25) is 0 Å². The Morgan fingerprint density at radius 2 is 1.80 bits per heavy atom. The zero-order valence-corrected chi connectivity index (χ0v) is 10.3. The lowest BCUT2D eigenvalue weighted by Gasteiger charge is -2.38. The molecule has 90 valence electrons. The first-order valence-corrected chi connectivity index (χ1v) is 6.31. The SMILES string of the molecule is CCCC[C@@H](CCO)N1CCN(C)CC1. The van der Waals surface area contributed by atoms with E-state index in [4.69, 9.17) is 5.11 Å². The van der Waals surface area contributed by atoms with E-state index in [2.05, 4.69) is 23.8 Å². The van der Waals surface area contributed by atoms with Crippen molar-refractivity contribution in [3.8, 4) is 0 Å². The van der Waals surface area contributed by atoms with Crippen molar-refractivity contribution in [2.24, 2.45) is 0 Å². The first kappa shape index (κ1) is 12.9. The predicted molar refractivity (Wildman–Crippen MR) is 64.1 cm³/mol. The van der Waals surface area contributed by atoms with Crippen LogP contribution in [-0.2, 0) is 0 Å². The molecule has 3 heteroatoms. The Balaban J connectivity index is 2.33. The molecule has 3 nitrogen and oxygen atoms in total. The Kier molecular flexibility index (Phi) is 6.22. The van der Waals surface area contributed by atoms with Gasteiger partial charge in [-0.2, -0.15) is 0 Å². The lowest BCUT2D eigenvalue weighted by Crippen LogP contribution is -2.49. The molecule has 0 amide bonds. The van der Waals surface area contributed by atoms with Crippen LogP contribution in [0.5, 0.6) is 0 Å². The predicted octanol–water partition coefficient (Wildman–Crippen LogP) is 1.18. The lowest BCUT2D eigenvalue weighted by molar-refractivity contribution is 0.0894. The van der Waals surface area contributed by atoms with Gasteiger partial charge < -0.3 is 10.0 Å². The molecule has 0 aromatic rings. The van der Waals surface area contributed by atoms with E-state index in [0.29, 0.717) is 12.6 Å². The van der Waals surface area contributed by atoms with Gasteiger partial charge >= 0.3 is 0 Å². The average molecular weight is 214 g/mol. The van der Waals surface area contributed by atoms with Crippen LogP contribution < -0.4 is 0 Å². The monoisotopic (exact) mass is 214 g/mol. The number of piperazine rings is 1. The zero-order valence-electron chi connectivity index (χ0n) is 10.3. The number of unbranched alkanes of at least 4 members (excludes halogenated alkanes) is 1. The van der Waals surface area contributed by atoms with Gasteiger partial charge in [0.1, 0.15) is 0 Å². The molecule has 0 aromatic heterocycles. The van der Waals surface area contributed by atoms with Crippen LogP contribution in [0.1, 0.15) is 32.6 Å². The highest BCUT2D eigenvalue weighted by Gasteiger charge is 2.21. The molecule has 0 bridgehead atoms. The molecule has 1 rings (SSSR count). The summed E-state index contributed by atoms with van der Waals surface area (Å²) in [5, 5.41) is 9.08. The van der Waals surface area contributed by atoms with Crippen molar-refractivity contribution in [1.82, 2.24) is 9.80 Å². The number of aliphatic hydroxyl groups is 1. The number of hydrogen-bond donors (Lipinski definition) is 1. The molecular formula is C12H26N2O. The van der Waals surface area contributed by atoms with E-state index in [1.807, 2.05) is 0 Å². The largest absolute Gasteiger partial charge is 0.396 e. The molecule has 0 saturated carbocycles. The summed E-state index contributed by atoms with van der Waals surface area (Å²) in [5.41, 5.74) is 0. The van der Waals surface area contributed by atoms with Crippen LogP contribution in [0.4, 0.5) is 0 Å². The van der Waals surface area contributed by atoms with E-state index in [9.17, 15) is 0 Å². The van der Waals surface area contributed by atoms with E-state index in [1.54, 1.807) is 0 Å². The quantitative estimate of drug-likeness (QED) is 0.719. The van der Waals surface area contributed by atoms with Crippen LogP contribution >= 0.6 is 0 Å². The minimum Gasteiger partial charge on any atom is -0.396 e. The molecule has 0 aliphatic carbocycles. The van der Waals surface area contributed by atoms with Crippen LogP contribution in [0, 0.1) is 0 Å². The summed E-state index contributed by atoms with van der Waals surface area (Å²) in [6.45, 7) is 7.26. The molecule has 0 spiro atoms. The zero-order chi connectivity index (χ0) is 11.1. The third-order valence-corrected chi connectivity index (χ3v) is 3.41. The van der Waals surface area contributed by atoms with Crippen LogP contribution in [0.15, 0.2) is 0 Å². The molecule has 0 radical (unpaired) electrons. The standard InChI is InChI=1S/C12H26N2O/c1-3-4-5-12(6-11-15)14-9-7-13(2)8-10-14/h12,15H,3-11H2,1-2H3/t12-/m0/s1. The molecular weight excluding hydrogens is 188 g/mol. The van der Waals surface area contributed by atoms with Gasteiger partial charge in [-0.25, -0.2) is 0 Å². The van der Waals surface area contributed by atoms with Gasteiger partial charge in [0.25, 0.3) is 0 Å². The van der Waals surface area contributed by atoms with Gasteiger partial charge in [-0.1, -0.05) is 19.8 Å². The third kappa shape index (κ3) is 4.49. The maximum absolute atomic E-state index is 9.08. The molecule has 1 aliphatic rings. The second kappa shape index (κ2) is 7.20. The second-order valence-electron chi connectivity index (χ2n) is 4.65. The average Bonchev–Trinajstić information content (AvgIpc) is 2.25. The molecule has 1 aliphatic heterocycles. The fourth-order valence-corrected chi connectivity index (χ4v) is 2.29. The Morgan fingerprint density at radius 3 is 2.33 bits per heavy atom. The number of hydrogen-bond acceptors (Lipinski definition) is 3. The van der Waals surface area contributed by atoms with Crippen molar-refractivity contribution in [1.29, 1.82) is 0 Å². The smallest absolute Gasteiger partial charge is 0.0445 e. The van der Waals surface area contributed by atoms with Crippen molar-refractivity contribution < 1.29 is 5.11 Å². The Bertz CT molecular complexity index is 156. The summed E-state index contributed by atoms with van der Waals surface area (Å²) in [7, 11) is 2.18. The molecule has 1 saturated heterocycles. The Labute approximate surface area is 94.1 Å². The minimum atomic E-state index is 0.334. The van der Waals surface area contributed by atoms with Crippen molar-refractivity contribution in [2.75, 3.05) is 39.8 Å². The Hall–Kier alpha value is -0.120. The van der Waals surface area contributed by atoms with Crippen molar-refractivity contribution >= 4 is 0 Å². The summed E-state index contributed by atoms with van der Waals surface area (Å²) in [5.74, 6) is 0. The number of aliphatic hydroxyl groups excluding tert-OH is 1. The molecule has 1 N–H and O–H groups in total. The summed E-state index contributed by atoms with van der Waals surface area (Å²) < 4.78 is 0. The highest BCUT2D eigenvalue weighted by atomic mass is 16.3. The topological polar surface area (TPSA) is 26.7 Å². The Morgan fingerprint density at radius 1 is 1.13 bits per heavy atom. The number of nitrogens with zero attached hydrogens (tertiary/aromatic N) is 2. The molecule has 1 fully saturated rings. The summed E-state index contributed by atoms with van der Waals surface area (Å²) in [6, 6.07) is 0.614. The van der Waals surface area contributed by atoms with Gasteiger partial charge in [0.05, 0.1) is 0 Å². The van der Waals surface area contributed by atoms with Crippen molar-refractivity contribution in [2.45, 2.75) is 38.6 Å².